The molecule has 3 N–H and O–H groups in total. The van der Waals surface area contributed by atoms with Gasteiger partial charge in [-0.25, -0.2) is 0 Å². The summed E-state index contributed by atoms with van der Waals surface area (Å²) in [5, 5.41) is 16.5. The van der Waals surface area contributed by atoms with Crippen molar-refractivity contribution in [2.75, 3.05) is 26.2 Å². The van der Waals surface area contributed by atoms with Crippen LogP contribution < -0.4 is 10.6 Å². The van der Waals surface area contributed by atoms with E-state index in [0.29, 0.717) is 28.8 Å². The lowest BCUT2D eigenvalue weighted by atomic mass is 10.1. The highest BCUT2D eigenvalue weighted by molar-refractivity contribution is 6.36. The third kappa shape index (κ3) is 4.98. The summed E-state index contributed by atoms with van der Waals surface area (Å²) in [4.78, 5) is 11.9. The quantitative estimate of drug-likeness (QED) is 0.766. The molecule has 2 rings (SSSR count). The summed E-state index contributed by atoms with van der Waals surface area (Å²) in [6, 6.07) is 4.98. The molecule has 0 aromatic heterocycles. The van der Waals surface area contributed by atoms with Crippen LogP contribution in [0.3, 0.4) is 0 Å². The van der Waals surface area contributed by atoms with Crippen LogP contribution >= 0.6 is 35.6 Å². The number of ether oxygens (including phenoxy) is 1. The number of carbonyl (C=O) groups is 1. The largest absolute Gasteiger partial charge is 0.386 e. The van der Waals surface area contributed by atoms with E-state index in [0.717, 1.165) is 6.54 Å². The lowest BCUT2D eigenvalue weighted by molar-refractivity contribution is -0.134. The van der Waals surface area contributed by atoms with Crippen molar-refractivity contribution in [1.29, 1.82) is 0 Å². The van der Waals surface area contributed by atoms with Gasteiger partial charge in [-0.1, -0.05) is 29.3 Å². The molecule has 21 heavy (non-hydrogen) atoms. The van der Waals surface area contributed by atoms with E-state index in [1.807, 2.05) is 0 Å². The normalized spacial score (nSPS) is 19.5. The lowest BCUT2D eigenvalue weighted by Gasteiger charge is -2.23. The molecule has 1 fully saturated rings. The second kappa shape index (κ2) is 8.78. The number of benzene rings is 1. The molecule has 2 unspecified atom stereocenters. The van der Waals surface area contributed by atoms with E-state index in [4.69, 9.17) is 27.9 Å². The van der Waals surface area contributed by atoms with Gasteiger partial charge in [0.2, 0.25) is 0 Å². The van der Waals surface area contributed by atoms with E-state index in [1.54, 1.807) is 18.2 Å². The van der Waals surface area contributed by atoms with Gasteiger partial charge in [0.25, 0.3) is 5.91 Å². The molecular formula is C13H17Cl3N2O3. The van der Waals surface area contributed by atoms with Crippen molar-refractivity contribution in [1.82, 2.24) is 10.6 Å². The van der Waals surface area contributed by atoms with Gasteiger partial charge in [-0.05, 0) is 12.1 Å². The molecule has 118 valence electrons. The summed E-state index contributed by atoms with van der Waals surface area (Å²) < 4.78 is 5.32. The van der Waals surface area contributed by atoms with Gasteiger partial charge in [-0.15, -0.1) is 12.4 Å². The molecular weight excluding hydrogens is 339 g/mol. The van der Waals surface area contributed by atoms with Crippen LogP contribution in [0.4, 0.5) is 0 Å². The minimum absolute atomic E-state index is 0. The van der Waals surface area contributed by atoms with Crippen LogP contribution in [0.5, 0.6) is 0 Å². The number of aliphatic hydroxyl groups is 1. The monoisotopic (exact) mass is 354 g/mol. The number of aliphatic hydroxyl groups excluding tert-OH is 1. The average molecular weight is 356 g/mol. The van der Waals surface area contributed by atoms with Crippen LogP contribution in [0.25, 0.3) is 0 Å². The highest BCUT2D eigenvalue weighted by Gasteiger charge is 2.23. The van der Waals surface area contributed by atoms with E-state index in [1.165, 1.54) is 0 Å². The number of rotatable bonds is 4. The fourth-order valence-corrected chi connectivity index (χ4v) is 2.63. The maximum Gasteiger partial charge on any atom is 0.250 e. The molecule has 8 heteroatoms. The second-order valence-electron chi connectivity index (χ2n) is 4.46. The SMILES string of the molecule is Cl.O=C(NCC(O)c1c(Cl)cccc1Cl)C1CNCCO1. The zero-order chi connectivity index (χ0) is 14.5. The van der Waals surface area contributed by atoms with E-state index in [9.17, 15) is 9.90 Å². The molecule has 1 amide bonds. The molecule has 0 bridgehead atoms. The van der Waals surface area contributed by atoms with Crippen molar-refractivity contribution in [2.24, 2.45) is 0 Å². The molecule has 1 aromatic rings. The summed E-state index contributed by atoms with van der Waals surface area (Å²) in [5.74, 6) is -0.264. The Hall–Kier alpha value is -0.560. The Kier molecular flexibility index (Phi) is 7.73. The Morgan fingerprint density at radius 3 is 2.71 bits per heavy atom. The molecule has 1 saturated heterocycles. The number of carbonyl (C=O) groups excluding carboxylic acids is 1. The highest BCUT2D eigenvalue weighted by Crippen LogP contribution is 2.29. The average Bonchev–Trinajstić information content (AvgIpc) is 2.45. The maximum atomic E-state index is 11.9. The minimum Gasteiger partial charge on any atom is -0.386 e. The standard InChI is InChI=1S/C13H16Cl2N2O3.ClH/c14-8-2-1-3-9(15)12(8)10(18)6-17-13(19)11-7-16-4-5-20-11;/h1-3,10-11,16,18H,4-7H2,(H,17,19);1H. The van der Waals surface area contributed by atoms with Crippen LogP contribution in [0.2, 0.25) is 10.0 Å². The summed E-state index contributed by atoms with van der Waals surface area (Å²) in [6.45, 7) is 1.73. The number of amides is 1. The fraction of sp³-hybridized carbons (Fsp3) is 0.462. The Morgan fingerprint density at radius 1 is 1.48 bits per heavy atom. The van der Waals surface area contributed by atoms with Gasteiger partial charge < -0.3 is 20.5 Å². The predicted molar refractivity (Wildman–Crippen MR) is 84.3 cm³/mol. The Morgan fingerprint density at radius 2 is 2.14 bits per heavy atom. The Bertz CT molecular complexity index is 461. The van der Waals surface area contributed by atoms with Gasteiger partial charge in [-0.3, -0.25) is 4.79 Å². The number of hydrogen-bond donors (Lipinski definition) is 3. The zero-order valence-electron chi connectivity index (χ0n) is 11.1. The summed E-state index contributed by atoms with van der Waals surface area (Å²) in [5.41, 5.74) is 0.416. The maximum absolute atomic E-state index is 11.9. The fourth-order valence-electron chi connectivity index (χ4n) is 1.98. The first kappa shape index (κ1) is 18.5. The number of hydrogen-bond acceptors (Lipinski definition) is 4. The summed E-state index contributed by atoms with van der Waals surface area (Å²) in [7, 11) is 0. The van der Waals surface area contributed by atoms with E-state index in [-0.39, 0.29) is 24.9 Å². The van der Waals surface area contributed by atoms with Crippen molar-refractivity contribution < 1.29 is 14.6 Å². The van der Waals surface area contributed by atoms with E-state index >= 15 is 0 Å². The van der Waals surface area contributed by atoms with Gasteiger partial charge in [0.05, 0.1) is 12.7 Å². The molecule has 2 atom stereocenters. The van der Waals surface area contributed by atoms with E-state index < -0.39 is 12.2 Å². The zero-order valence-corrected chi connectivity index (χ0v) is 13.5. The van der Waals surface area contributed by atoms with Crippen molar-refractivity contribution in [2.45, 2.75) is 12.2 Å². The van der Waals surface area contributed by atoms with Crippen molar-refractivity contribution in [3.63, 3.8) is 0 Å². The highest BCUT2D eigenvalue weighted by atomic mass is 35.5. The van der Waals surface area contributed by atoms with Crippen LogP contribution in [0, 0.1) is 0 Å². The molecule has 5 nitrogen and oxygen atoms in total. The van der Waals surface area contributed by atoms with Gasteiger partial charge >= 0.3 is 0 Å². The third-order valence-electron chi connectivity index (χ3n) is 3.02. The van der Waals surface area contributed by atoms with Crippen molar-refractivity contribution in [3.8, 4) is 0 Å². The Labute approximate surface area is 139 Å². The van der Waals surface area contributed by atoms with Crippen LogP contribution in [0.1, 0.15) is 11.7 Å². The topological polar surface area (TPSA) is 70.6 Å². The Balaban J connectivity index is 0.00000220. The molecule has 0 spiro atoms. The van der Waals surface area contributed by atoms with Crippen molar-refractivity contribution in [3.05, 3.63) is 33.8 Å². The van der Waals surface area contributed by atoms with E-state index in [2.05, 4.69) is 10.6 Å². The van der Waals surface area contributed by atoms with Gasteiger partial charge in [0.15, 0.2) is 0 Å². The van der Waals surface area contributed by atoms with Gasteiger partial charge in [-0.2, -0.15) is 0 Å². The molecule has 0 radical (unpaired) electrons. The van der Waals surface area contributed by atoms with Crippen LogP contribution in [-0.2, 0) is 9.53 Å². The molecule has 0 aliphatic carbocycles. The number of nitrogens with one attached hydrogen (secondary N) is 2. The molecule has 1 heterocycles. The number of morpholine rings is 1. The van der Waals surface area contributed by atoms with Crippen LogP contribution in [-0.4, -0.2) is 43.4 Å². The number of halogens is 3. The first-order chi connectivity index (χ1) is 9.59. The lowest BCUT2D eigenvalue weighted by Crippen LogP contribution is -2.48. The smallest absolute Gasteiger partial charge is 0.250 e. The molecule has 1 aliphatic rings. The van der Waals surface area contributed by atoms with Crippen molar-refractivity contribution >= 4 is 41.5 Å². The van der Waals surface area contributed by atoms with Crippen LogP contribution in [0.15, 0.2) is 18.2 Å². The van der Waals surface area contributed by atoms with Gasteiger partial charge in [0.1, 0.15) is 6.10 Å². The molecule has 1 aromatic carbocycles. The summed E-state index contributed by atoms with van der Waals surface area (Å²) >= 11 is 12.0. The molecule has 1 aliphatic heterocycles. The molecule has 0 saturated carbocycles. The van der Waals surface area contributed by atoms with Gasteiger partial charge in [0, 0.05) is 35.2 Å². The minimum atomic E-state index is -0.961. The first-order valence-corrected chi connectivity index (χ1v) is 7.07. The summed E-state index contributed by atoms with van der Waals surface area (Å²) in [6.07, 6.45) is -1.49. The predicted octanol–water partition coefficient (Wildman–Crippen LogP) is 1.55. The first-order valence-electron chi connectivity index (χ1n) is 6.31. The second-order valence-corrected chi connectivity index (χ2v) is 5.27. The third-order valence-corrected chi connectivity index (χ3v) is 3.68.